The lowest BCUT2D eigenvalue weighted by atomic mass is 9.96. The van der Waals surface area contributed by atoms with E-state index in [0.717, 1.165) is 50.4 Å². The van der Waals surface area contributed by atoms with Crippen molar-refractivity contribution in [1.82, 2.24) is 20.4 Å². The highest BCUT2D eigenvalue weighted by molar-refractivity contribution is 5.79. The molecule has 2 heterocycles. The average Bonchev–Trinajstić information content (AvgIpc) is 3.59. The molecule has 28 heavy (non-hydrogen) atoms. The molecular weight excluding hydrogens is 352 g/mol. The fraction of sp³-hybridized carbons (Fsp3) is 0.636. The fourth-order valence-corrected chi connectivity index (χ4v) is 4.39. The molecule has 1 aromatic rings. The van der Waals surface area contributed by atoms with E-state index in [9.17, 15) is 9.59 Å². The monoisotopic (exact) mass is 384 g/mol. The SMILES string of the molecule is O=C(NCc1ccccc1)C1CCN(C(=O)NC2CCN(C3CC3)CC2)CC1. The zero-order valence-electron chi connectivity index (χ0n) is 16.6. The number of urea groups is 1. The number of nitrogens with zero attached hydrogens (tertiary/aromatic N) is 2. The second kappa shape index (κ2) is 8.95. The molecule has 1 aromatic carbocycles. The Bertz CT molecular complexity index is 660. The summed E-state index contributed by atoms with van der Waals surface area (Å²) in [7, 11) is 0. The average molecular weight is 385 g/mol. The molecule has 4 rings (SSSR count). The van der Waals surface area contributed by atoms with Gasteiger partial charge in [-0.25, -0.2) is 4.79 Å². The van der Waals surface area contributed by atoms with Gasteiger partial charge in [-0.2, -0.15) is 0 Å². The van der Waals surface area contributed by atoms with E-state index in [2.05, 4.69) is 15.5 Å². The minimum Gasteiger partial charge on any atom is -0.352 e. The van der Waals surface area contributed by atoms with Gasteiger partial charge in [0.1, 0.15) is 0 Å². The van der Waals surface area contributed by atoms with Gasteiger partial charge < -0.3 is 20.4 Å². The van der Waals surface area contributed by atoms with Gasteiger partial charge in [-0.05, 0) is 44.1 Å². The van der Waals surface area contributed by atoms with Gasteiger partial charge >= 0.3 is 6.03 Å². The summed E-state index contributed by atoms with van der Waals surface area (Å²) in [5.74, 6) is 0.117. The van der Waals surface area contributed by atoms with Crippen LogP contribution in [0.5, 0.6) is 0 Å². The molecule has 0 atom stereocenters. The number of hydrogen-bond acceptors (Lipinski definition) is 3. The molecule has 2 N–H and O–H groups in total. The molecule has 6 heteroatoms. The van der Waals surface area contributed by atoms with Crippen LogP contribution in [-0.4, -0.2) is 60.0 Å². The van der Waals surface area contributed by atoms with Crippen molar-refractivity contribution < 1.29 is 9.59 Å². The Labute approximate surface area is 167 Å². The fourth-order valence-electron chi connectivity index (χ4n) is 4.39. The van der Waals surface area contributed by atoms with Crippen molar-refractivity contribution >= 4 is 11.9 Å². The lowest BCUT2D eigenvalue weighted by molar-refractivity contribution is -0.126. The van der Waals surface area contributed by atoms with Crippen molar-refractivity contribution in [3.8, 4) is 0 Å². The molecule has 0 radical (unpaired) electrons. The number of rotatable bonds is 5. The Morgan fingerprint density at radius 3 is 2.21 bits per heavy atom. The molecule has 1 aliphatic carbocycles. The minimum atomic E-state index is 0.00884. The molecule has 3 amide bonds. The Balaban J connectivity index is 1.15. The van der Waals surface area contributed by atoms with E-state index in [0.29, 0.717) is 25.7 Å². The van der Waals surface area contributed by atoms with Crippen LogP contribution in [0.1, 0.15) is 44.1 Å². The zero-order chi connectivity index (χ0) is 19.3. The Kier molecular flexibility index (Phi) is 6.15. The van der Waals surface area contributed by atoms with E-state index in [1.807, 2.05) is 35.2 Å². The van der Waals surface area contributed by atoms with E-state index in [-0.39, 0.29) is 17.9 Å². The summed E-state index contributed by atoms with van der Waals surface area (Å²) in [5.41, 5.74) is 1.11. The van der Waals surface area contributed by atoms with Crippen molar-refractivity contribution in [3.05, 3.63) is 35.9 Å². The second-order valence-electron chi connectivity index (χ2n) is 8.46. The summed E-state index contributed by atoms with van der Waals surface area (Å²) in [6.07, 6.45) is 6.30. The standard InChI is InChI=1S/C22H32N4O2/c27-21(23-16-17-4-2-1-3-5-17)18-8-12-26(13-9-18)22(28)24-19-10-14-25(15-11-19)20-6-7-20/h1-5,18-20H,6-16H2,(H,23,27)(H,24,28). The minimum absolute atomic E-state index is 0.00884. The normalized spacial score (nSPS) is 22.1. The number of carbonyl (C=O) groups is 2. The van der Waals surface area contributed by atoms with Crippen LogP contribution in [0.4, 0.5) is 4.79 Å². The largest absolute Gasteiger partial charge is 0.352 e. The lowest BCUT2D eigenvalue weighted by Gasteiger charge is -2.35. The van der Waals surface area contributed by atoms with Crippen LogP contribution >= 0.6 is 0 Å². The predicted octanol–water partition coefficient (Wildman–Crippen LogP) is 2.35. The molecule has 0 aromatic heterocycles. The molecule has 3 aliphatic rings. The zero-order valence-corrected chi connectivity index (χ0v) is 16.6. The van der Waals surface area contributed by atoms with Gasteiger partial charge in [0, 0.05) is 50.7 Å². The Morgan fingerprint density at radius 2 is 1.57 bits per heavy atom. The molecule has 0 spiro atoms. The van der Waals surface area contributed by atoms with Gasteiger partial charge in [-0.3, -0.25) is 4.79 Å². The predicted molar refractivity (Wildman–Crippen MR) is 109 cm³/mol. The first kappa shape index (κ1) is 19.2. The molecule has 3 fully saturated rings. The molecule has 0 unspecified atom stereocenters. The van der Waals surface area contributed by atoms with Crippen LogP contribution in [0.25, 0.3) is 0 Å². The number of benzene rings is 1. The maximum atomic E-state index is 12.6. The van der Waals surface area contributed by atoms with Crippen molar-refractivity contribution in [2.75, 3.05) is 26.2 Å². The molecule has 1 saturated carbocycles. The summed E-state index contributed by atoms with van der Waals surface area (Å²) >= 11 is 0. The van der Waals surface area contributed by atoms with E-state index < -0.39 is 0 Å². The lowest BCUT2D eigenvalue weighted by Crippen LogP contribution is -2.52. The van der Waals surface area contributed by atoms with Crippen LogP contribution in [0.2, 0.25) is 0 Å². The third-order valence-corrected chi connectivity index (χ3v) is 6.38. The topological polar surface area (TPSA) is 64.7 Å². The van der Waals surface area contributed by atoms with Gasteiger partial charge in [-0.1, -0.05) is 30.3 Å². The van der Waals surface area contributed by atoms with Gasteiger partial charge in [-0.15, -0.1) is 0 Å². The van der Waals surface area contributed by atoms with E-state index >= 15 is 0 Å². The highest BCUT2D eigenvalue weighted by Crippen LogP contribution is 2.29. The third-order valence-electron chi connectivity index (χ3n) is 6.38. The van der Waals surface area contributed by atoms with Crippen molar-refractivity contribution in [3.63, 3.8) is 0 Å². The van der Waals surface area contributed by atoms with Gasteiger partial charge in [0.15, 0.2) is 0 Å². The smallest absolute Gasteiger partial charge is 0.317 e. The first-order chi connectivity index (χ1) is 13.7. The first-order valence-corrected chi connectivity index (χ1v) is 10.8. The summed E-state index contributed by atoms with van der Waals surface area (Å²) in [5, 5.41) is 6.25. The molecule has 2 saturated heterocycles. The van der Waals surface area contributed by atoms with Crippen LogP contribution in [0, 0.1) is 5.92 Å². The molecule has 152 valence electrons. The Hall–Kier alpha value is -2.08. The number of piperidine rings is 2. The molecular formula is C22H32N4O2. The van der Waals surface area contributed by atoms with E-state index in [4.69, 9.17) is 0 Å². The third kappa shape index (κ3) is 5.04. The Morgan fingerprint density at radius 1 is 0.893 bits per heavy atom. The van der Waals surface area contributed by atoms with Gasteiger partial charge in [0.25, 0.3) is 0 Å². The summed E-state index contributed by atoms with van der Waals surface area (Å²) in [6, 6.07) is 11.1. The highest BCUT2D eigenvalue weighted by Gasteiger charge is 2.33. The van der Waals surface area contributed by atoms with Crippen LogP contribution < -0.4 is 10.6 Å². The quantitative estimate of drug-likeness (QED) is 0.819. The molecule has 0 bridgehead atoms. The molecule has 2 aliphatic heterocycles. The first-order valence-electron chi connectivity index (χ1n) is 10.8. The van der Waals surface area contributed by atoms with Crippen molar-refractivity contribution in [2.45, 2.75) is 57.2 Å². The summed E-state index contributed by atoms with van der Waals surface area (Å²) in [4.78, 5) is 29.5. The van der Waals surface area contributed by atoms with Crippen LogP contribution in [0.15, 0.2) is 30.3 Å². The number of carbonyl (C=O) groups excluding carboxylic acids is 2. The van der Waals surface area contributed by atoms with Gasteiger partial charge in [0.2, 0.25) is 5.91 Å². The van der Waals surface area contributed by atoms with Crippen molar-refractivity contribution in [2.24, 2.45) is 5.92 Å². The summed E-state index contributed by atoms with van der Waals surface area (Å²) < 4.78 is 0. The number of nitrogens with one attached hydrogen (secondary N) is 2. The maximum absolute atomic E-state index is 12.6. The summed E-state index contributed by atoms with van der Waals surface area (Å²) in [6.45, 7) is 4.12. The molecule has 6 nitrogen and oxygen atoms in total. The van der Waals surface area contributed by atoms with Gasteiger partial charge in [0.05, 0.1) is 0 Å². The second-order valence-corrected chi connectivity index (χ2v) is 8.46. The van der Waals surface area contributed by atoms with E-state index in [1.54, 1.807) is 0 Å². The highest BCUT2D eigenvalue weighted by atomic mass is 16.2. The number of amides is 3. The number of hydrogen-bond donors (Lipinski definition) is 2. The maximum Gasteiger partial charge on any atom is 0.317 e. The van der Waals surface area contributed by atoms with Crippen molar-refractivity contribution in [1.29, 1.82) is 0 Å². The van der Waals surface area contributed by atoms with Crippen LogP contribution in [-0.2, 0) is 11.3 Å². The van der Waals surface area contributed by atoms with E-state index in [1.165, 1.54) is 12.8 Å². The van der Waals surface area contributed by atoms with Crippen LogP contribution in [0.3, 0.4) is 0 Å². The number of likely N-dealkylation sites (tertiary alicyclic amines) is 2.